The van der Waals surface area contributed by atoms with Crippen LogP contribution in [0, 0.1) is 11.8 Å². The number of hydrogen-bond acceptors (Lipinski definition) is 3. The molecule has 1 atom stereocenters. The summed E-state index contributed by atoms with van der Waals surface area (Å²) in [5, 5.41) is 6.72. The van der Waals surface area contributed by atoms with Crippen LogP contribution in [0.2, 0.25) is 5.02 Å². The Labute approximate surface area is 130 Å². The van der Waals surface area contributed by atoms with E-state index >= 15 is 0 Å². The molecule has 1 aliphatic rings. The largest absolute Gasteiger partial charge is 0.496 e. The van der Waals surface area contributed by atoms with Crippen LogP contribution in [-0.2, 0) is 11.3 Å². The van der Waals surface area contributed by atoms with Crippen molar-refractivity contribution in [1.82, 2.24) is 10.6 Å². The minimum Gasteiger partial charge on any atom is -0.496 e. The molecule has 1 saturated heterocycles. The molecule has 0 aliphatic carbocycles. The van der Waals surface area contributed by atoms with Crippen molar-refractivity contribution in [2.45, 2.75) is 13.5 Å². The third-order valence-electron chi connectivity index (χ3n) is 3.67. The lowest BCUT2D eigenvalue weighted by Gasteiger charge is -2.31. The van der Waals surface area contributed by atoms with E-state index in [9.17, 15) is 4.79 Å². The first-order chi connectivity index (χ1) is 9.13. The van der Waals surface area contributed by atoms with Gasteiger partial charge in [0.2, 0.25) is 5.91 Å². The van der Waals surface area contributed by atoms with E-state index in [1.54, 1.807) is 13.2 Å². The van der Waals surface area contributed by atoms with Gasteiger partial charge in [-0.2, -0.15) is 0 Å². The molecule has 1 aromatic rings. The lowest BCUT2D eigenvalue weighted by Crippen LogP contribution is -2.49. The number of ether oxygens (including phenoxy) is 1. The van der Waals surface area contributed by atoms with E-state index in [2.05, 4.69) is 10.6 Å². The Balaban J connectivity index is 0.00000200. The number of rotatable bonds is 5. The molecule has 1 aliphatic heterocycles. The average Bonchev–Trinajstić information content (AvgIpc) is 2.34. The molecule has 0 aromatic heterocycles. The van der Waals surface area contributed by atoms with Crippen LogP contribution in [-0.4, -0.2) is 26.1 Å². The molecule has 0 spiro atoms. The second-order valence-electron chi connectivity index (χ2n) is 4.85. The summed E-state index contributed by atoms with van der Waals surface area (Å²) in [5.74, 6) is 1.22. The van der Waals surface area contributed by atoms with E-state index in [0.717, 1.165) is 18.7 Å². The molecule has 0 bridgehead atoms. The van der Waals surface area contributed by atoms with E-state index in [-0.39, 0.29) is 24.2 Å². The summed E-state index contributed by atoms with van der Waals surface area (Å²) in [6.45, 7) is 4.20. The number of hydrogen-bond donors (Lipinski definition) is 2. The van der Waals surface area contributed by atoms with Crippen LogP contribution in [0.4, 0.5) is 0 Å². The number of carbonyl (C=O) groups is 1. The summed E-state index contributed by atoms with van der Waals surface area (Å²) >= 11 is 6.13. The Morgan fingerprint density at radius 2 is 2.25 bits per heavy atom. The van der Waals surface area contributed by atoms with Gasteiger partial charge < -0.3 is 15.4 Å². The third-order valence-corrected chi connectivity index (χ3v) is 4.02. The van der Waals surface area contributed by atoms with Crippen LogP contribution in [0.3, 0.4) is 0 Å². The van der Waals surface area contributed by atoms with Crippen LogP contribution >= 0.6 is 24.0 Å². The van der Waals surface area contributed by atoms with Gasteiger partial charge in [-0.15, -0.1) is 12.4 Å². The van der Waals surface area contributed by atoms with Crippen molar-refractivity contribution in [2.75, 3.05) is 20.2 Å². The van der Waals surface area contributed by atoms with Gasteiger partial charge in [0.15, 0.2) is 0 Å². The Bertz CT molecular complexity index is 464. The van der Waals surface area contributed by atoms with Gasteiger partial charge in [-0.3, -0.25) is 4.79 Å². The van der Waals surface area contributed by atoms with E-state index in [1.807, 2.05) is 19.1 Å². The first-order valence-corrected chi connectivity index (χ1v) is 6.81. The van der Waals surface area contributed by atoms with Crippen LogP contribution in [0.15, 0.2) is 18.2 Å². The zero-order valence-corrected chi connectivity index (χ0v) is 13.2. The first-order valence-electron chi connectivity index (χ1n) is 6.43. The van der Waals surface area contributed by atoms with Crippen LogP contribution in [0.1, 0.15) is 12.5 Å². The predicted octanol–water partition coefficient (Wildman–Crippen LogP) is 2.24. The van der Waals surface area contributed by atoms with Gasteiger partial charge in [0.25, 0.3) is 0 Å². The van der Waals surface area contributed by atoms with Crippen molar-refractivity contribution in [1.29, 1.82) is 0 Å². The zero-order valence-electron chi connectivity index (χ0n) is 11.6. The summed E-state index contributed by atoms with van der Waals surface area (Å²) in [6.07, 6.45) is 0. The van der Waals surface area contributed by atoms with E-state index in [1.165, 1.54) is 0 Å². The maximum atomic E-state index is 12.0. The molecule has 1 fully saturated rings. The molecule has 4 nitrogen and oxygen atoms in total. The van der Waals surface area contributed by atoms with E-state index < -0.39 is 0 Å². The minimum atomic E-state index is 0. The summed E-state index contributed by atoms with van der Waals surface area (Å²) in [6, 6.07) is 5.46. The molecule has 1 unspecified atom stereocenters. The van der Waals surface area contributed by atoms with Crippen molar-refractivity contribution < 1.29 is 9.53 Å². The topological polar surface area (TPSA) is 50.4 Å². The molecule has 6 heteroatoms. The number of halogens is 2. The predicted molar refractivity (Wildman–Crippen MR) is 82.6 cm³/mol. The van der Waals surface area contributed by atoms with Gasteiger partial charge in [0.05, 0.1) is 7.11 Å². The normalized spacial score (nSPS) is 15.8. The molecule has 1 heterocycles. The summed E-state index contributed by atoms with van der Waals surface area (Å²) in [7, 11) is 1.60. The van der Waals surface area contributed by atoms with Crippen LogP contribution in [0.5, 0.6) is 5.75 Å². The van der Waals surface area contributed by atoms with Crippen molar-refractivity contribution >= 4 is 29.9 Å². The van der Waals surface area contributed by atoms with Gasteiger partial charge in [-0.25, -0.2) is 0 Å². The highest BCUT2D eigenvalue weighted by molar-refractivity contribution is 6.31. The van der Waals surface area contributed by atoms with Crippen LogP contribution < -0.4 is 15.4 Å². The summed E-state index contributed by atoms with van der Waals surface area (Å²) in [5.41, 5.74) is 0.818. The number of methoxy groups -OCH3 is 1. The minimum absolute atomic E-state index is 0. The summed E-state index contributed by atoms with van der Waals surface area (Å²) in [4.78, 5) is 12.0. The highest BCUT2D eigenvalue weighted by Gasteiger charge is 2.28. The molecule has 0 radical (unpaired) electrons. The summed E-state index contributed by atoms with van der Waals surface area (Å²) < 4.78 is 5.25. The second-order valence-corrected chi connectivity index (χ2v) is 5.25. The van der Waals surface area contributed by atoms with Crippen molar-refractivity contribution in [3.8, 4) is 5.75 Å². The Morgan fingerprint density at radius 3 is 2.80 bits per heavy atom. The maximum Gasteiger partial charge on any atom is 0.223 e. The molecule has 2 rings (SSSR count). The first kappa shape index (κ1) is 17.1. The van der Waals surface area contributed by atoms with Crippen molar-refractivity contribution in [3.05, 3.63) is 28.8 Å². The lowest BCUT2D eigenvalue weighted by molar-refractivity contribution is -0.126. The molecule has 20 heavy (non-hydrogen) atoms. The molecular formula is C14H20Cl2N2O2. The highest BCUT2D eigenvalue weighted by atomic mass is 35.5. The van der Waals surface area contributed by atoms with Gasteiger partial charge in [0, 0.05) is 23.0 Å². The quantitative estimate of drug-likeness (QED) is 0.875. The Hall–Kier alpha value is -0.970. The van der Waals surface area contributed by atoms with Crippen molar-refractivity contribution in [3.63, 3.8) is 0 Å². The van der Waals surface area contributed by atoms with E-state index in [4.69, 9.17) is 16.3 Å². The Kier molecular flexibility index (Phi) is 6.59. The molecular weight excluding hydrogens is 299 g/mol. The molecule has 1 aromatic carbocycles. The molecule has 2 N–H and O–H groups in total. The Morgan fingerprint density at radius 1 is 1.55 bits per heavy atom. The number of nitrogens with one attached hydrogen (secondary N) is 2. The number of amides is 1. The zero-order chi connectivity index (χ0) is 13.8. The second kappa shape index (κ2) is 7.72. The lowest BCUT2D eigenvalue weighted by atomic mass is 9.88. The molecule has 1 amide bonds. The fourth-order valence-electron chi connectivity index (χ4n) is 2.12. The maximum absolute atomic E-state index is 12.0. The standard InChI is InChI=1S/C14H19ClN2O2.ClH/c1-9(10-6-16-7-10)14(18)17-8-11-12(15)4-3-5-13(11)19-2;/h3-5,9-10,16H,6-8H2,1-2H3,(H,17,18);1H. The monoisotopic (exact) mass is 318 g/mol. The fraction of sp³-hybridized carbons (Fsp3) is 0.500. The van der Waals surface area contributed by atoms with Gasteiger partial charge in [-0.1, -0.05) is 24.6 Å². The molecule has 112 valence electrons. The average molecular weight is 319 g/mol. The highest BCUT2D eigenvalue weighted by Crippen LogP contribution is 2.26. The smallest absolute Gasteiger partial charge is 0.223 e. The number of carbonyl (C=O) groups excluding carboxylic acids is 1. The van der Waals surface area contributed by atoms with Gasteiger partial charge >= 0.3 is 0 Å². The van der Waals surface area contributed by atoms with Crippen molar-refractivity contribution in [2.24, 2.45) is 11.8 Å². The molecule has 0 saturated carbocycles. The van der Waals surface area contributed by atoms with Crippen LogP contribution in [0.25, 0.3) is 0 Å². The van der Waals surface area contributed by atoms with Gasteiger partial charge in [-0.05, 0) is 31.1 Å². The SMILES string of the molecule is COc1cccc(Cl)c1CNC(=O)C(C)C1CNC1.Cl. The van der Waals surface area contributed by atoms with E-state index in [0.29, 0.717) is 23.2 Å². The fourth-order valence-corrected chi connectivity index (χ4v) is 2.35. The van der Waals surface area contributed by atoms with Gasteiger partial charge in [0.1, 0.15) is 5.75 Å². The third kappa shape index (κ3) is 3.78. The number of benzene rings is 1.